The molecule has 1 unspecified atom stereocenters. The zero-order valence-corrected chi connectivity index (χ0v) is 13.6. The maximum atomic E-state index is 13.5. The van der Waals surface area contributed by atoms with E-state index < -0.39 is 0 Å². The number of aryl methyl sites for hydroxylation is 1. The number of hydrogen-bond acceptors (Lipinski definition) is 1. The molecule has 1 aromatic rings. The summed E-state index contributed by atoms with van der Waals surface area (Å²) in [6.45, 7) is 5.35. The molecule has 0 aromatic heterocycles. The van der Waals surface area contributed by atoms with Crippen LogP contribution in [0.3, 0.4) is 0 Å². The number of benzene rings is 1. The van der Waals surface area contributed by atoms with Gasteiger partial charge in [-0.2, -0.15) is 0 Å². The predicted molar refractivity (Wildman–Crippen MR) is 88.1 cm³/mol. The molecule has 0 aliphatic heterocycles. The molecule has 2 heteroatoms. The third-order valence-electron chi connectivity index (χ3n) is 4.86. The van der Waals surface area contributed by atoms with Crippen molar-refractivity contribution in [2.45, 2.75) is 71.3 Å². The second kappa shape index (κ2) is 8.53. The van der Waals surface area contributed by atoms with Gasteiger partial charge < -0.3 is 5.32 Å². The third-order valence-corrected chi connectivity index (χ3v) is 4.86. The van der Waals surface area contributed by atoms with Gasteiger partial charge in [0.1, 0.15) is 5.82 Å². The highest BCUT2D eigenvalue weighted by Gasteiger charge is 2.18. The van der Waals surface area contributed by atoms with Crippen molar-refractivity contribution in [1.82, 2.24) is 5.32 Å². The summed E-state index contributed by atoms with van der Waals surface area (Å²) in [6, 6.07) is 5.67. The topological polar surface area (TPSA) is 12.0 Å². The van der Waals surface area contributed by atoms with Crippen LogP contribution < -0.4 is 5.32 Å². The maximum absolute atomic E-state index is 13.5. The fourth-order valence-corrected chi connectivity index (χ4v) is 3.49. The summed E-state index contributed by atoms with van der Waals surface area (Å²) in [6.07, 6.45) is 10.3. The molecule has 0 bridgehead atoms. The summed E-state index contributed by atoms with van der Waals surface area (Å²) in [4.78, 5) is 0. The zero-order chi connectivity index (χ0) is 15.1. The molecule has 0 spiro atoms. The minimum absolute atomic E-state index is 0.111. The molecule has 1 atom stereocenters. The number of nitrogens with one attached hydrogen (secondary N) is 1. The predicted octanol–water partition coefficient (Wildman–Crippen LogP) is 5.02. The normalized spacial score (nSPS) is 17.3. The average molecular weight is 291 g/mol. The first-order chi connectivity index (χ1) is 10.2. The second-order valence-corrected chi connectivity index (χ2v) is 6.65. The summed E-state index contributed by atoms with van der Waals surface area (Å²) in [5, 5.41) is 3.67. The Hall–Kier alpha value is -0.890. The van der Waals surface area contributed by atoms with Crippen molar-refractivity contribution < 1.29 is 4.39 Å². The monoisotopic (exact) mass is 291 g/mol. The second-order valence-electron chi connectivity index (χ2n) is 6.65. The fraction of sp³-hybridized carbons (Fsp3) is 0.684. The Bertz CT molecular complexity index is 424. The van der Waals surface area contributed by atoms with E-state index in [4.69, 9.17) is 0 Å². The summed E-state index contributed by atoms with van der Waals surface area (Å²) in [5.74, 6) is 0.824. The molecular weight excluding hydrogens is 261 g/mol. The SMILES string of the molecule is CCCNC(CCC1CCCC1)Cc1cc(F)ccc1C. The highest BCUT2D eigenvalue weighted by Crippen LogP contribution is 2.29. The third kappa shape index (κ3) is 5.43. The van der Waals surface area contributed by atoms with Crippen molar-refractivity contribution in [3.8, 4) is 0 Å². The van der Waals surface area contributed by atoms with Gasteiger partial charge in [0.15, 0.2) is 0 Å². The fourth-order valence-electron chi connectivity index (χ4n) is 3.49. The summed E-state index contributed by atoms with van der Waals surface area (Å²) in [5.41, 5.74) is 2.37. The lowest BCUT2D eigenvalue weighted by molar-refractivity contribution is 0.402. The molecule has 1 aliphatic rings. The Morgan fingerprint density at radius 2 is 2.05 bits per heavy atom. The first-order valence-corrected chi connectivity index (χ1v) is 8.67. The van der Waals surface area contributed by atoms with Crippen LogP contribution in [0.2, 0.25) is 0 Å². The number of hydrogen-bond donors (Lipinski definition) is 1. The van der Waals surface area contributed by atoms with Gasteiger partial charge in [0.25, 0.3) is 0 Å². The van der Waals surface area contributed by atoms with Gasteiger partial charge in [0, 0.05) is 6.04 Å². The first kappa shape index (κ1) is 16.5. The average Bonchev–Trinajstić information content (AvgIpc) is 2.99. The van der Waals surface area contributed by atoms with Crippen LogP contribution in [-0.4, -0.2) is 12.6 Å². The molecule has 1 fully saturated rings. The van der Waals surface area contributed by atoms with Crippen LogP contribution in [0.15, 0.2) is 18.2 Å². The standard InChI is InChI=1S/C19H30FN/c1-3-12-21-19(11-9-16-6-4-5-7-16)14-17-13-18(20)10-8-15(17)2/h8,10,13,16,19,21H,3-7,9,11-12,14H2,1-2H3. The van der Waals surface area contributed by atoms with E-state index in [9.17, 15) is 4.39 Å². The minimum atomic E-state index is -0.111. The van der Waals surface area contributed by atoms with Crippen LogP contribution in [0.25, 0.3) is 0 Å². The maximum Gasteiger partial charge on any atom is 0.123 e. The Labute approximate surface area is 129 Å². The van der Waals surface area contributed by atoms with Crippen molar-refractivity contribution in [2.75, 3.05) is 6.54 Å². The largest absolute Gasteiger partial charge is 0.314 e. The Balaban J connectivity index is 1.92. The molecule has 1 nitrogen and oxygen atoms in total. The minimum Gasteiger partial charge on any atom is -0.314 e. The molecule has 1 N–H and O–H groups in total. The lowest BCUT2D eigenvalue weighted by Gasteiger charge is -2.21. The van der Waals surface area contributed by atoms with Gasteiger partial charge in [-0.15, -0.1) is 0 Å². The highest BCUT2D eigenvalue weighted by atomic mass is 19.1. The van der Waals surface area contributed by atoms with Crippen molar-refractivity contribution in [3.05, 3.63) is 35.1 Å². The van der Waals surface area contributed by atoms with Crippen LogP contribution >= 0.6 is 0 Å². The quantitative estimate of drug-likeness (QED) is 0.709. The van der Waals surface area contributed by atoms with E-state index in [0.717, 1.165) is 30.9 Å². The Morgan fingerprint density at radius 3 is 2.76 bits per heavy atom. The lowest BCUT2D eigenvalue weighted by atomic mass is 9.93. The van der Waals surface area contributed by atoms with Crippen molar-refractivity contribution in [3.63, 3.8) is 0 Å². The summed E-state index contributed by atoms with van der Waals surface area (Å²) in [7, 11) is 0. The van der Waals surface area contributed by atoms with Crippen LogP contribution in [0.4, 0.5) is 4.39 Å². The van der Waals surface area contributed by atoms with Gasteiger partial charge in [0.05, 0.1) is 0 Å². The number of rotatable bonds is 8. The molecule has 118 valence electrons. The van der Waals surface area contributed by atoms with Crippen molar-refractivity contribution in [2.24, 2.45) is 5.92 Å². The summed E-state index contributed by atoms with van der Waals surface area (Å²) < 4.78 is 13.5. The van der Waals surface area contributed by atoms with Gasteiger partial charge in [0.2, 0.25) is 0 Å². The zero-order valence-electron chi connectivity index (χ0n) is 13.6. The molecule has 1 saturated carbocycles. The van der Waals surface area contributed by atoms with E-state index >= 15 is 0 Å². The van der Waals surface area contributed by atoms with Gasteiger partial charge in [-0.05, 0) is 68.3 Å². The van der Waals surface area contributed by atoms with Crippen LogP contribution in [-0.2, 0) is 6.42 Å². The van der Waals surface area contributed by atoms with Crippen molar-refractivity contribution >= 4 is 0 Å². The molecule has 0 heterocycles. The smallest absolute Gasteiger partial charge is 0.123 e. The van der Waals surface area contributed by atoms with Gasteiger partial charge in [-0.25, -0.2) is 4.39 Å². The first-order valence-electron chi connectivity index (χ1n) is 8.67. The van der Waals surface area contributed by atoms with Crippen molar-refractivity contribution in [1.29, 1.82) is 0 Å². The molecular formula is C19H30FN. The molecule has 2 rings (SSSR count). The molecule has 1 aliphatic carbocycles. The number of halogens is 1. The van der Waals surface area contributed by atoms with Crippen LogP contribution in [0.1, 0.15) is 63.0 Å². The van der Waals surface area contributed by atoms with Gasteiger partial charge >= 0.3 is 0 Å². The molecule has 0 saturated heterocycles. The molecule has 1 aromatic carbocycles. The Kier molecular flexibility index (Phi) is 6.69. The van der Waals surface area contributed by atoms with E-state index in [-0.39, 0.29) is 5.82 Å². The van der Waals surface area contributed by atoms with E-state index in [0.29, 0.717) is 6.04 Å². The van der Waals surface area contributed by atoms with Crippen LogP contribution in [0, 0.1) is 18.7 Å². The van der Waals surface area contributed by atoms with Gasteiger partial charge in [-0.3, -0.25) is 0 Å². The highest BCUT2D eigenvalue weighted by molar-refractivity contribution is 5.27. The summed E-state index contributed by atoms with van der Waals surface area (Å²) >= 11 is 0. The lowest BCUT2D eigenvalue weighted by Crippen LogP contribution is -2.32. The van der Waals surface area contributed by atoms with E-state index in [1.807, 2.05) is 6.07 Å². The molecule has 0 amide bonds. The van der Waals surface area contributed by atoms with Gasteiger partial charge in [-0.1, -0.05) is 38.7 Å². The van der Waals surface area contributed by atoms with E-state index in [1.54, 1.807) is 12.1 Å². The van der Waals surface area contributed by atoms with E-state index in [2.05, 4.69) is 19.2 Å². The van der Waals surface area contributed by atoms with E-state index in [1.165, 1.54) is 44.1 Å². The van der Waals surface area contributed by atoms with Crippen LogP contribution in [0.5, 0.6) is 0 Å². The Morgan fingerprint density at radius 1 is 1.29 bits per heavy atom. The molecule has 0 radical (unpaired) electrons. The molecule has 21 heavy (non-hydrogen) atoms.